The van der Waals surface area contributed by atoms with Crippen molar-refractivity contribution in [1.82, 2.24) is 24.9 Å². The summed E-state index contributed by atoms with van der Waals surface area (Å²) in [6.45, 7) is 3.96. The maximum absolute atomic E-state index is 13.5. The number of amides is 2. The number of methoxy groups -OCH3 is 1. The molecule has 1 aliphatic carbocycles. The van der Waals surface area contributed by atoms with Crippen molar-refractivity contribution < 1.29 is 14.3 Å². The van der Waals surface area contributed by atoms with E-state index in [2.05, 4.69) is 10.2 Å². The minimum absolute atomic E-state index is 0.00579. The molecule has 1 aliphatic heterocycles. The van der Waals surface area contributed by atoms with Gasteiger partial charge in [-0.1, -0.05) is 24.6 Å². The Balaban J connectivity index is 1.44. The van der Waals surface area contributed by atoms with Gasteiger partial charge in [-0.2, -0.15) is 5.10 Å². The molecular formula is C24H33N5O3. The second kappa shape index (κ2) is 10.7. The number of nitrogens with one attached hydrogen (secondary N) is 1. The lowest BCUT2D eigenvalue weighted by Gasteiger charge is -2.34. The minimum atomic E-state index is -0.00579. The highest BCUT2D eigenvalue weighted by Crippen LogP contribution is 2.27. The summed E-state index contributed by atoms with van der Waals surface area (Å²) >= 11 is 0. The lowest BCUT2D eigenvalue weighted by atomic mass is 10.1. The highest BCUT2D eigenvalue weighted by Gasteiger charge is 2.30. The number of rotatable bonds is 7. The predicted octanol–water partition coefficient (Wildman–Crippen LogP) is 1.66. The molecule has 2 amide bonds. The first kappa shape index (κ1) is 22.5. The van der Waals surface area contributed by atoms with Gasteiger partial charge in [0, 0.05) is 51.1 Å². The van der Waals surface area contributed by atoms with Crippen molar-refractivity contribution in [1.29, 1.82) is 0 Å². The first-order valence-corrected chi connectivity index (χ1v) is 11.6. The Labute approximate surface area is 189 Å². The van der Waals surface area contributed by atoms with Gasteiger partial charge in [0.25, 0.3) is 5.91 Å². The second-order valence-corrected chi connectivity index (χ2v) is 8.49. The zero-order chi connectivity index (χ0) is 22.3. The molecule has 1 N–H and O–H groups in total. The highest BCUT2D eigenvalue weighted by molar-refractivity contribution is 5.94. The van der Waals surface area contributed by atoms with E-state index in [1.807, 2.05) is 39.9 Å². The lowest BCUT2D eigenvalue weighted by Crippen LogP contribution is -2.51. The Hall–Kier alpha value is -2.71. The quantitative estimate of drug-likeness (QED) is 0.524. The number of hydrogen-bond acceptors (Lipinski definition) is 5. The Morgan fingerprint density at radius 1 is 1.03 bits per heavy atom. The van der Waals surface area contributed by atoms with Crippen molar-refractivity contribution in [2.24, 2.45) is 0 Å². The van der Waals surface area contributed by atoms with Crippen molar-refractivity contribution in [3.63, 3.8) is 0 Å². The third-order valence-corrected chi connectivity index (χ3v) is 6.29. The Bertz CT molecular complexity index is 919. The molecule has 8 heteroatoms. The molecule has 1 aromatic carbocycles. The number of fused-ring (bicyclic) bond motifs is 1. The van der Waals surface area contributed by atoms with Gasteiger partial charge < -0.3 is 15.0 Å². The van der Waals surface area contributed by atoms with Crippen molar-refractivity contribution in [2.45, 2.75) is 32.1 Å². The summed E-state index contributed by atoms with van der Waals surface area (Å²) in [6.07, 6.45) is 5.27. The first-order chi connectivity index (χ1) is 15.7. The summed E-state index contributed by atoms with van der Waals surface area (Å²) < 4.78 is 6.94. The van der Waals surface area contributed by atoms with Crippen LogP contribution >= 0.6 is 0 Å². The van der Waals surface area contributed by atoms with Crippen molar-refractivity contribution in [3.8, 4) is 5.69 Å². The van der Waals surface area contributed by atoms with E-state index in [1.54, 1.807) is 7.11 Å². The van der Waals surface area contributed by atoms with Crippen molar-refractivity contribution >= 4 is 11.8 Å². The molecule has 0 radical (unpaired) electrons. The van der Waals surface area contributed by atoms with E-state index < -0.39 is 0 Å². The van der Waals surface area contributed by atoms with Crippen molar-refractivity contribution in [2.75, 3.05) is 53.0 Å². The van der Waals surface area contributed by atoms with Gasteiger partial charge in [-0.25, -0.2) is 4.68 Å². The smallest absolute Gasteiger partial charge is 0.274 e. The molecule has 2 aromatic rings. The molecule has 1 aromatic heterocycles. The first-order valence-electron chi connectivity index (χ1n) is 11.6. The number of hydrogen-bond donors (Lipinski definition) is 1. The largest absolute Gasteiger partial charge is 0.383 e. The van der Waals surface area contributed by atoms with Crippen LogP contribution in [-0.4, -0.2) is 84.4 Å². The van der Waals surface area contributed by atoms with Crippen LogP contribution in [0.5, 0.6) is 0 Å². The molecule has 32 heavy (non-hydrogen) atoms. The number of aromatic nitrogens is 2. The zero-order valence-electron chi connectivity index (χ0n) is 18.9. The molecule has 1 saturated heterocycles. The summed E-state index contributed by atoms with van der Waals surface area (Å²) in [7, 11) is 1.62. The van der Waals surface area contributed by atoms with Gasteiger partial charge in [-0.15, -0.1) is 0 Å². The van der Waals surface area contributed by atoms with Gasteiger partial charge in [0.05, 0.1) is 18.8 Å². The van der Waals surface area contributed by atoms with Crippen LogP contribution in [0, 0.1) is 0 Å². The van der Waals surface area contributed by atoms with E-state index in [0.717, 1.165) is 36.9 Å². The Kier molecular flexibility index (Phi) is 7.55. The number of nitrogens with zero attached hydrogens (tertiary/aromatic N) is 4. The average molecular weight is 440 g/mol. The van der Waals surface area contributed by atoms with Crippen LogP contribution in [-0.2, 0) is 22.4 Å². The summed E-state index contributed by atoms with van der Waals surface area (Å²) in [5.74, 6) is 0.00998. The molecule has 4 rings (SSSR count). The van der Waals surface area contributed by atoms with E-state index >= 15 is 0 Å². The number of ether oxygens (including phenoxy) is 1. The molecule has 0 saturated carbocycles. The summed E-state index contributed by atoms with van der Waals surface area (Å²) in [5, 5.41) is 7.67. The molecule has 2 aliphatic rings. The molecule has 2 heterocycles. The van der Waals surface area contributed by atoms with E-state index in [-0.39, 0.29) is 11.8 Å². The maximum atomic E-state index is 13.5. The standard InChI is InChI=1S/C24H33N5O3/c1-32-17-12-25-22(30)18-27-13-15-28(16-14-27)24(31)23-20-10-6-3-7-11-21(20)29(26-23)19-8-4-2-5-9-19/h2,4-5,8-9H,3,6-7,10-18H2,1H3,(H,25,30). The molecule has 0 bridgehead atoms. The minimum Gasteiger partial charge on any atom is -0.383 e. The topological polar surface area (TPSA) is 79.7 Å². The van der Waals surface area contributed by atoms with E-state index in [4.69, 9.17) is 9.84 Å². The van der Waals surface area contributed by atoms with Crippen LogP contribution in [0.15, 0.2) is 30.3 Å². The summed E-state index contributed by atoms with van der Waals surface area (Å²) in [4.78, 5) is 29.5. The number of piperazine rings is 1. The SMILES string of the molecule is COCCNC(=O)CN1CCN(C(=O)c2nn(-c3ccccc3)c3c2CCCCC3)CC1. The van der Waals surface area contributed by atoms with E-state index in [0.29, 0.717) is 51.6 Å². The fourth-order valence-electron chi connectivity index (χ4n) is 4.54. The molecule has 1 fully saturated rings. The molecule has 8 nitrogen and oxygen atoms in total. The zero-order valence-corrected chi connectivity index (χ0v) is 18.9. The Morgan fingerprint density at radius 2 is 1.78 bits per heavy atom. The predicted molar refractivity (Wildman–Crippen MR) is 122 cm³/mol. The number of benzene rings is 1. The van der Waals surface area contributed by atoms with Crippen LogP contribution < -0.4 is 5.32 Å². The van der Waals surface area contributed by atoms with Gasteiger partial charge in [0.15, 0.2) is 5.69 Å². The van der Waals surface area contributed by atoms with Crippen LogP contribution in [0.4, 0.5) is 0 Å². The van der Waals surface area contributed by atoms with Crippen LogP contribution in [0.3, 0.4) is 0 Å². The lowest BCUT2D eigenvalue weighted by molar-refractivity contribution is -0.122. The van der Waals surface area contributed by atoms with Crippen LogP contribution in [0.1, 0.15) is 41.0 Å². The Morgan fingerprint density at radius 3 is 2.53 bits per heavy atom. The monoisotopic (exact) mass is 439 g/mol. The van der Waals surface area contributed by atoms with Gasteiger partial charge in [-0.3, -0.25) is 14.5 Å². The van der Waals surface area contributed by atoms with Gasteiger partial charge in [0.1, 0.15) is 0 Å². The van der Waals surface area contributed by atoms with Gasteiger partial charge in [-0.05, 0) is 37.8 Å². The normalized spacial score (nSPS) is 17.0. The molecule has 0 unspecified atom stereocenters. The van der Waals surface area contributed by atoms with E-state index in [9.17, 15) is 9.59 Å². The average Bonchev–Trinajstić information content (AvgIpc) is 3.00. The highest BCUT2D eigenvalue weighted by atomic mass is 16.5. The fraction of sp³-hybridized carbons (Fsp3) is 0.542. The number of carbonyl (C=O) groups excluding carboxylic acids is 2. The third kappa shape index (κ3) is 5.19. The third-order valence-electron chi connectivity index (χ3n) is 6.29. The summed E-state index contributed by atoms with van der Waals surface area (Å²) in [6, 6.07) is 10.1. The molecular weight excluding hydrogens is 406 g/mol. The van der Waals surface area contributed by atoms with Crippen LogP contribution in [0.2, 0.25) is 0 Å². The number of para-hydroxylation sites is 1. The second-order valence-electron chi connectivity index (χ2n) is 8.49. The van der Waals surface area contributed by atoms with E-state index in [1.165, 1.54) is 12.1 Å². The molecule has 172 valence electrons. The maximum Gasteiger partial charge on any atom is 0.274 e. The van der Waals surface area contributed by atoms with Gasteiger partial charge in [0.2, 0.25) is 5.91 Å². The summed E-state index contributed by atoms with van der Waals surface area (Å²) in [5.41, 5.74) is 3.92. The van der Waals surface area contributed by atoms with Crippen LogP contribution in [0.25, 0.3) is 5.69 Å². The van der Waals surface area contributed by atoms with Gasteiger partial charge >= 0.3 is 0 Å². The molecule has 0 atom stereocenters. The van der Waals surface area contributed by atoms with Crippen molar-refractivity contribution in [3.05, 3.63) is 47.3 Å². The molecule has 0 spiro atoms. The fourth-order valence-corrected chi connectivity index (χ4v) is 4.54. The number of carbonyl (C=O) groups is 2.